The van der Waals surface area contributed by atoms with Crippen molar-refractivity contribution in [3.63, 3.8) is 0 Å². The SMILES string of the molecule is CCOc1ccc(C(c2ccc(C)s2)N2CCCCC2C(=O)O)cc1. The highest BCUT2D eigenvalue weighted by Gasteiger charge is 2.35. The van der Waals surface area contributed by atoms with Gasteiger partial charge in [-0.3, -0.25) is 9.69 Å². The molecule has 0 spiro atoms. The molecule has 1 aliphatic rings. The Balaban J connectivity index is 1.98. The number of carbonyl (C=O) groups is 1. The fourth-order valence-electron chi connectivity index (χ4n) is 3.56. The van der Waals surface area contributed by atoms with Gasteiger partial charge in [-0.15, -0.1) is 11.3 Å². The van der Waals surface area contributed by atoms with Crippen molar-refractivity contribution in [2.45, 2.75) is 45.2 Å². The first-order chi connectivity index (χ1) is 12.1. The van der Waals surface area contributed by atoms with Crippen molar-refractivity contribution in [1.82, 2.24) is 4.90 Å². The fraction of sp³-hybridized carbons (Fsp3) is 0.450. The van der Waals surface area contributed by atoms with E-state index in [-0.39, 0.29) is 6.04 Å². The van der Waals surface area contributed by atoms with Crippen LogP contribution in [-0.2, 0) is 4.79 Å². The molecule has 134 valence electrons. The smallest absolute Gasteiger partial charge is 0.320 e. The molecule has 1 saturated heterocycles. The number of carboxylic acid groups (broad SMARTS) is 1. The number of likely N-dealkylation sites (tertiary alicyclic amines) is 1. The highest BCUT2D eigenvalue weighted by atomic mass is 32.1. The van der Waals surface area contributed by atoms with Crippen molar-refractivity contribution in [2.24, 2.45) is 0 Å². The first-order valence-electron chi connectivity index (χ1n) is 8.87. The molecule has 25 heavy (non-hydrogen) atoms. The number of hydrogen-bond acceptors (Lipinski definition) is 4. The van der Waals surface area contributed by atoms with Crippen LogP contribution in [0.5, 0.6) is 5.75 Å². The summed E-state index contributed by atoms with van der Waals surface area (Å²) in [7, 11) is 0. The minimum Gasteiger partial charge on any atom is -0.494 e. The second-order valence-corrected chi connectivity index (χ2v) is 7.76. The third-order valence-electron chi connectivity index (χ3n) is 4.70. The predicted octanol–water partition coefficient (Wildman–Crippen LogP) is 4.48. The molecule has 1 aliphatic heterocycles. The molecule has 0 saturated carbocycles. The van der Waals surface area contributed by atoms with Gasteiger partial charge in [0.15, 0.2) is 0 Å². The predicted molar refractivity (Wildman–Crippen MR) is 100 cm³/mol. The minimum atomic E-state index is -0.719. The Bertz CT molecular complexity index is 710. The second-order valence-electron chi connectivity index (χ2n) is 6.44. The Kier molecular flexibility index (Phi) is 5.76. The standard InChI is InChI=1S/C20H25NO3S/c1-3-24-16-10-8-15(9-11-16)19(18-12-7-14(2)25-18)21-13-5-4-6-17(21)20(22)23/h7-12,17,19H,3-6,13H2,1-2H3,(H,22,23). The van der Waals surface area contributed by atoms with Crippen molar-refractivity contribution in [1.29, 1.82) is 0 Å². The summed E-state index contributed by atoms with van der Waals surface area (Å²) in [4.78, 5) is 16.4. The quantitative estimate of drug-likeness (QED) is 0.826. The molecule has 0 bridgehead atoms. The lowest BCUT2D eigenvalue weighted by molar-refractivity contribution is -0.145. The summed E-state index contributed by atoms with van der Waals surface area (Å²) in [6.45, 7) is 5.51. The summed E-state index contributed by atoms with van der Waals surface area (Å²) in [5.74, 6) is 0.129. The van der Waals surface area contributed by atoms with Gasteiger partial charge in [-0.2, -0.15) is 0 Å². The highest BCUT2D eigenvalue weighted by Crippen LogP contribution is 2.37. The fourth-order valence-corrected chi connectivity index (χ4v) is 4.59. The highest BCUT2D eigenvalue weighted by molar-refractivity contribution is 7.12. The van der Waals surface area contributed by atoms with E-state index in [0.717, 1.165) is 30.7 Å². The molecule has 2 unspecified atom stereocenters. The van der Waals surface area contributed by atoms with Gasteiger partial charge in [0, 0.05) is 9.75 Å². The number of rotatable bonds is 6. The normalized spacial score (nSPS) is 19.5. The molecule has 2 aromatic rings. The molecule has 1 fully saturated rings. The van der Waals surface area contributed by atoms with Crippen LogP contribution in [-0.4, -0.2) is 35.2 Å². The van der Waals surface area contributed by atoms with Crippen LogP contribution in [0.1, 0.15) is 47.5 Å². The van der Waals surface area contributed by atoms with Gasteiger partial charge in [0.25, 0.3) is 0 Å². The van der Waals surface area contributed by atoms with E-state index in [1.165, 1.54) is 9.75 Å². The van der Waals surface area contributed by atoms with Crippen LogP contribution >= 0.6 is 11.3 Å². The Morgan fingerprint density at radius 3 is 2.64 bits per heavy atom. The number of hydrogen-bond donors (Lipinski definition) is 1. The molecule has 4 nitrogen and oxygen atoms in total. The van der Waals surface area contributed by atoms with Gasteiger partial charge in [-0.25, -0.2) is 0 Å². The minimum absolute atomic E-state index is 0.0178. The lowest BCUT2D eigenvalue weighted by Crippen LogP contribution is -2.46. The number of thiophene rings is 1. The maximum atomic E-state index is 11.8. The van der Waals surface area contributed by atoms with Gasteiger partial charge in [-0.1, -0.05) is 18.6 Å². The molecule has 0 radical (unpaired) electrons. The molecule has 0 amide bonds. The number of nitrogens with zero attached hydrogens (tertiary/aromatic N) is 1. The molecular formula is C20H25NO3S. The van der Waals surface area contributed by atoms with Crippen molar-refractivity contribution < 1.29 is 14.6 Å². The molecule has 5 heteroatoms. The van der Waals surface area contributed by atoms with Gasteiger partial charge >= 0.3 is 5.97 Å². The third-order valence-corrected chi connectivity index (χ3v) is 5.75. The van der Waals surface area contributed by atoms with Gasteiger partial charge in [0.2, 0.25) is 0 Å². The second kappa shape index (κ2) is 8.02. The molecule has 0 aliphatic carbocycles. The van der Waals surface area contributed by atoms with E-state index in [1.807, 2.05) is 19.1 Å². The topological polar surface area (TPSA) is 49.8 Å². The number of carboxylic acids is 1. The summed E-state index contributed by atoms with van der Waals surface area (Å²) < 4.78 is 5.55. The first-order valence-corrected chi connectivity index (χ1v) is 9.69. The van der Waals surface area contributed by atoms with E-state index in [9.17, 15) is 9.90 Å². The summed E-state index contributed by atoms with van der Waals surface area (Å²) >= 11 is 1.75. The van der Waals surface area contributed by atoms with Gasteiger partial charge in [0.05, 0.1) is 12.6 Å². The van der Waals surface area contributed by atoms with Crippen molar-refractivity contribution in [3.8, 4) is 5.75 Å². The molecule has 1 aromatic heterocycles. The monoisotopic (exact) mass is 359 g/mol. The van der Waals surface area contributed by atoms with Crippen LogP contribution in [0.25, 0.3) is 0 Å². The van der Waals surface area contributed by atoms with E-state index < -0.39 is 12.0 Å². The maximum absolute atomic E-state index is 11.8. The Hall–Kier alpha value is -1.85. The first kappa shape index (κ1) is 18.0. The maximum Gasteiger partial charge on any atom is 0.320 e. The van der Waals surface area contributed by atoms with Gasteiger partial charge in [-0.05, 0) is 63.1 Å². The van der Waals surface area contributed by atoms with E-state index in [2.05, 4.69) is 36.1 Å². The zero-order chi connectivity index (χ0) is 17.8. The number of benzene rings is 1. The van der Waals surface area contributed by atoms with E-state index in [1.54, 1.807) is 11.3 Å². The average molecular weight is 359 g/mol. The molecule has 2 atom stereocenters. The van der Waals surface area contributed by atoms with E-state index in [0.29, 0.717) is 13.0 Å². The molecular weight excluding hydrogens is 334 g/mol. The largest absolute Gasteiger partial charge is 0.494 e. The summed E-state index contributed by atoms with van der Waals surface area (Å²) in [6, 6.07) is 11.9. The van der Waals surface area contributed by atoms with Crippen molar-refractivity contribution in [3.05, 3.63) is 51.7 Å². The number of aliphatic carboxylic acids is 1. The molecule has 1 aromatic carbocycles. The number of piperidine rings is 1. The van der Waals surface area contributed by atoms with Crippen LogP contribution < -0.4 is 4.74 Å². The van der Waals surface area contributed by atoms with Crippen LogP contribution in [0, 0.1) is 6.92 Å². The van der Waals surface area contributed by atoms with E-state index >= 15 is 0 Å². The van der Waals surface area contributed by atoms with E-state index in [4.69, 9.17) is 4.74 Å². The van der Waals surface area contributed by atoms with Gasteiger partial charge < -0.3 is 9.84 Å². The van der Waals surface area contributed by atoms with Crippen LogP contribution in [0.2, 0.25) is 0 Å². The molecule has 1 N–H and O–H groups in total. The van der Waals surface area contributed by atoms with Crippen molar-refractivity contribution in [2.75, 3.05) is 13.2 Å². The zero-order valence-electron chi connectivity index (χ0n) is 14.8. The lowest BCUT2D eigenvalue weighted by atomic mass is 9.95. The van der Waals surface area contributed by atoms with Crippen LogP contribution in [0.4, 0.5) is 0 Å². The van der Waals surface area contributed by atoms with Crippen LogP contribution in [0.15, 0.2) is 36.4 Å². The number of aryl methyl sites for hydroxylation is 1. The van der Waals surface area contributed by atoms with Crippen molar-refractivity contribution >= 4 is 17.3 Å². The zero-order valence-corrected chi connectivity index (χ0v) is 15.6. The molecule has 2 heterocycles. The summed E-state index contributed by atoms with van der Waals surface area (Å²) in [5.41, 5.74) is 1.12. The number of ether oxygens (including phenoxy) is 1. The Morgan fingerprint density at radius 1 is 1.28 bits per heavy atom. The van der Waals surface area contributed by atoms with Gasteiger partial charge in [0.1, 0.15) is 11.8 Å². The Labute approximate surface area is 153 Å². The Morgan fingerprint density at radius 2 is 2.04 bits per heavy atom. The van der Waals surface area contributed by atoms with Crippen LogP contribution in [0.3, 0.4) is 0 Å². The average Bonchev–Trinajstić information content (AvgIpc) is 3.03. The lowest BCUT2D eigenvalue weighted by Gasteiger charge is -2.39. The molecule has 3 rings (SSSR count). The summed E-state index contributed by atoms with van der Waals surface area (Å²) in [5, 5.41) is 9.71. The third kappa shape index (κ3) is 4.05. The summed E-state index contributed by atoms with van der Waals surface area (Å²) in [6.07, 6.45) is 2.74.